The lowest BCUT2D eigenvalue weighted by atomic mass is 10.2. The first-order valence-electron chi connectivity index (χ1n) is 8.84. The number of thiazole rings is 2. The highest BCUT2D eigenvalue weighted by molar-refractivity contribution is 7.98. The molecule has 4 nitrogen and oxygen atoms in total. The number of aryl methyl sites for hydroxylation is 1. The summed E-state index contributed by atoms with van der Waals surface area (Å²) in [7, 11) is 0. The molecule has 0 bridgehead atoms. The van der Waals surface area contributed by atoms with Crippen LogP contribution in [0.2, 0.25) is 0 Å². The Bertz CT molecular complexity index is 871. The van der Waals surface area contributed by atoms with Crippen molar-refractivity contribution in [1.82, 2.24) is 14.9 Å². The van der Waals surface area contributed by atoms with Crippen molar-refractivity contribution in [2.45, 2.75) is 38.0 Å². The molecule has 0 aliphatic carbocycles. The van der Waals surface area contributed by atoms with Gasteiger partial charge < -0.3 is 4.90 Å². The number of thioether (sulfide) groups is 1. The van der Waals surface area contributed by atoms with Gasteiger partial charge in [0.1, 0.15) is 5.01 Å². The second-order valence-electron chi connectivity index (χ2n) is 6.43. The largest absolute Gasteiger partial charge is 0.333 e. The van der Waals surface area contributed by atoms with Crippen LogP contribution in [0.4, 0.5) is 0 Å². The van der Waals surface area contributed by atoms with Crippen molar-refractivity contribution in [2.24, 2.45) is 0 Å². The van der Waals surface area contributed by atoms with Gasteiger partial charge in [-0.2, -0.15) is 11.8 Å². The van der Waals surface area contributed by atoms with Gasteiger partial charge in [0.15, 0.2) is 0 Å². The first-order valence-corrected chi connectivity index (χ1v) is 11.7. The van der Waals surface area contributed by atoms with Crippen LogP contribution < -0.4 is 0 Å². The molecule has 3 aromatic rings. The maximum absolute atomic E-state index is 12.7. The van der Waals surface area contributed by atoms with Gasteiger partial charge in [0, 0.05) is 29.9 Å². The fourth-order valence-electron chi connectivity index (χ4n) is 3.31. The minimum atomic E-state index is 0.158. The number of carbonyl (C=O) groups is 1. The van der Waals surface area contributed by atoms with Gasteiger partial charge >= 0.3 is 0 Å². The molecule has 0 saturated carbocycles. The van der Waals surface area contributed by atoms with Crippen molar-refractivity contribution < 1.29 is 4.79 Å². The number of nitrogens with zero attached hydrogens (tertiary/aromatic N) is 3. The van der Waals surface area contributed by atoms with Crippen molar-refractivity contribution in [3.63, 3.8) is 0 Å². The number of para-hydroxylation sites is 1. The Morgan fingerprint density at radius 1 is 1.35 bits per heavy atom. The van der Waals surface area contributed by atoms with Gasteiger partial charge in [0.2, 0.25) is 5.91 Å². The quantitative estimate of drug-likeness (QED) is 0.541. The Labute approximate surface area is 165 Å². The van der Waals surface area contributed by atoms with Crippen LogP contribution in [-0.2, 0) is 10.5 Å². The van der Waals surface area contributed by atoms with Crippen molar-refractivity contribution in [3.8, 4) is 0 Å². The van der Waals surface area contributed by atoms with Crippen molar-refractivity contribution in [1.29, 1.82) is 0 Å². The van der Waals surface area contributed by atoms with Crippen LogP contribution >= 0.6 is 34.4 Å². The standard InChI is InChI=1S/C19H21N3OS3/c1-13-20-14(12-25-13)11-24-10-8-18(23)22-9-4-6-16(22)19-21-15-5-2-3-7-17(15)26-19/h2-3,5,7,12,16H,4,6,8-11H2,1H3. The van der Waals surface area contributed by atoms with E-state index in [1.807, 2.05) is 30.0 Å². The second-order valence-corrected chi connectivity index (χ2v) is 9.66. The Kier molecular flexibility index (Phi) is 5.57. The third kappa shape index (κ3) is 3.94. The number of fused-ring (bicyclic) bond motifs is 1. The zero-order chi connectivity index (χ0) is 17.9. The van der Waals surface area contributed by atoms with Gasteiger partial charge in [-0.25, -0.2) is 9.97 Å². The molecule has 1 saturated heterocycles. The minimum absolute atomic E-state index is 0.158. The van der Waals surface area contributed by atoms with Crippen LogP contribution in [0.25, 0.3) is 10.2 Å². The molecular weight excluding hydrogens is 382 g/mol. The van der Waals surface area contributed by atoms with E-state index in [0.717, 1.165) is 52.1 Å². The van der Waals surface area contributed by atoms with Gasteiger partial charge in [0.05, 0.1) is 27.0 Å². The van der Waals surface area contributed by atoms with E-state index in [1.165, 1.54) is 4.70 Å². The topological polar surface area (TPSA) is 46.1 Å². The van der Waals surface area contributed by atoms with Crippen LogP contribution in [-0.4, -0.2) is 33.1 Å². The predicted octanol–water partition coefficient (Wildman–Crippen LogP) is 5.05. The number of aromatic nitrogens is 2. The lowest BCUT2D eigenvalue weighted by molar-refractivity contribution is -0.131. The number of rotatable bonds is 6. The molecule has 136 valence electrons. The van der Waals surface area contributed by atoms with E-state index in [-0.39, 0.29) is 11.9 Å². The van der Waals surface area contributed by atoms with E-state index in [0.29, 0.717) is 6.42 Å². The maximum atomic E-state index is 12.7. The van der Waals surface area contributed by atoms with Crippen molar-refractivity contribution >= 4 is 50.6 Å². The lowest BCUT2D eigenvalue weighted by Crippen LogP contribution is -2.30. The first kappa shape index (κ1) is 17.9. The maximum Gasteiger partial charge on any atom is 0.223 e. The van der Waals surface area contributed by atoms with Gasteiger partial charge in [-0.3, -0.25) is 4.79 Å². The predicted molar refractivity (Wildman–Crippen MR) is 111 cm³/mol. The minimum Gasteiger partial charge on any atom is -0.333 e. The molecule has 1 amide bonds. The van der Waals surface area contributed by atoms with Crippen molar-refractivity contribution in [2.75, 3.05) is 12.3 Å². The molecule has 0 radical (unpaired) electrons. The summed E-state index contributed by atoms with van der Waals surface area (Å²) in [5, 5.41) is 4.29. The fraction of sp³-hybridized carbons (Fsp3) is 0.421. The summed E-state index contributed by atoms with van der Waals surface area (Å²) in [4.78, 5) is 24.0. The van der Waals surface area contributed by atoms with E-state index in [4.69, 9.17) is 4.98 Å². The highest BCUT2D eigenvalue weighted by atomic mass is 32.2. The van der Waals surface area contributed by atoms with Gasteiger partial charge in [0.25, 0.3) is 0 Å². The smallest absolute Gasteiger partial charge is 0.223 e. The van der Waals surface area contributed by atoms with E-state index in [2.05, 4.69) is 16.4 Å². The Morgan fingerprint density at radius 2 is 2.23 bits per heavy atom. The Hall–Kier alpha value is -1.44. The SMILES string of the molecule is Cc1nc(CSCCC(=O)N2CCCC2c2nc3ccccc3s2)cs1. The molecule has 26 heavy (non-hydrogen) atoms. The fourth-order valence-corrected chi connectivity index (χ4v) is 5.96. The van der Waals surface area contributed by atoms with E-state index < -0.39 is 0 Å². The number of carbonyl (C=O) groups excluding carboxylic acids is 1. The summed E-state index contributed by atoms with van der Waals surface area (Å²) in [6.07, 6.45) is 2.68. The summed E-state index contributed by atoms with van der Waals surface area (Å²) >= 11 is 5.20. The van der Waals surface area contributed by atoms with Crippen LogP contribution in [0.1, 0.15) is 41.0 Å². The monoisotopic (exact) mass is 403 g/mol. The normalized spacial score (nSPS) is 17.3. The zero-order valence-corrected chi connectivity index (χ0v) is 17.1. The molecule has 4 rings (SSSR count). The van der Waals surface area contributed by atoms with E-state index in [1.54, 1.807) is 34.4 Å². The highest BCUT2D eigenvalue weighted by Crippen LogP contribution is 2.36. The zero-order valence-electron chi connectivity index (χ0n) is 14.7. The molecule has 3 heterocycles. The molecule has 1 aliphatic heterocycles. The highest BCUT2D eigenvalue weighted by Gasteiger charge is 2.31. The van der Waals surface area contributed by atoms with Crippen LogP contribution in [0.15, 0.2) is 29.6 Å². The molecule has 0 spiro atoms. The Morgan fingerprint density at radius 3 is 3.04 bits per heavy atom. The number of likely N-dealkylation sites (tertiary alicyclic amines) is 1. The lowest BCUT2D eigenvalue weighted by Gasteiger charge is -2.23. The summed E-state index contributed by atoms with van der Waals surface area (Å²) in [5.41, 5.74) is 2.17. The molecule has 1 aromatic carbocycles. The Balaban J connectivity index is 1.34. The van der Waals surface area contributed by atoms with E-state index >= 15 is 0 Å². The molecule has 0 N–H and O–H groups in total. The number of hydrogen-bond donors (Lipinski definition) is 0. The van der Waals surface area contributed by atoms with Gasteiger partial charge in [-0.15, -0.1) is 22.7 Å². The molecule has 1 fully saturated rings. The van der Waals surface area contributed by atoms with Crippen LogP contribution in [0.5, 0.6) is 0 Å². The average Bonchev–Trinajstić information content (AvgIpc) is 3.36. The molecule has 2 aromatic heterocycles. The third-order valence-electron chi connectivity index (χ3n) is 4.55. The van der Waals surface area contributed by atoms with Gasteiger partial charge in [-0.1, -0.05) is 12.1 Å². The summed E-state index contributed by atoms with van der Waals surface area (Å²) < 4.78 is 1.20. The first-order chi connectivity index (χ1) is 12.7. The van der Waals surface area contributed by atoms with Crippen LogP contribution in [0, 0.1) is 6.92 Å². The second kappa shape index (κ2) is 8.06. The number of benzene rings is 1. The molecule has 1 atom stereocenters. The van der Waals surface area contributed by atoms with E-state index in [9.17, 15) is 4.79 Å². The number of amides is 1. The van der Waals surface area contributed by atoms with Crippen molar-refractivity contribution in [3.05, 3.63) is 45.4 Å². The summed E-state index contributed by atoms with van der Waals surface area (Å²) in [6.45, 7) is 2.88. The third-order valence-corrected chi connectivity index (χ3v) is 7.50. The van der Waals surface area contributed by atoms with Crippen LogP contribution in [0.3, 0.4) is 0 Å². The summed E-state index contributed by atoms with van der Waals surface area (Å²) in [6, 6.07) is 8.38. The molecule has 7 heteroatoms. The van der Waals surface area contributed by atoms with Gasteiger partial charge in [-0.05, 0) is 31.9 Å². The molecule has 1 aliphatic rings. The summed E-state index contributed by atoms with van der Waals surface area (Å²) in [5.74, 6) is 1.99. The number of hydrogen-bond acceptors (Lipinski definition) is 6. The molecular formula is C19H21N3OS3. The average molecular weight is 404 g/mol. The molecule has 1 unspecified atom stereocenters.